The van der Waals surface area contributed by atoms with Crippen molar-refractivity contribution in [2.24, 2.45) is 0 Å². The van der Waals surface area contributed by atoms with Crippen molar-refractivity contribution in [2.45, 2.75) is 12.5 Å². The van der Waals surface area contributed by atoms with Crippen molar-refractivity contribution < 1.29 is 5.11 Å². The first-order valence-electron chi connectivity index (χ1n) is 6.11. The van der Waals surface area contributed by atoms with Crippen LogP contribution in [-0.4, -0.2) is 20.1 Å². The van der Waals surface area contributed by atoms with Gasteiger partial charge in [0.15, 0.2) is 0 Å². The SMILES string of the molecule is OC(Cc1ccnc2ccccc12)c1ccncn1. The average Bonchev–Trinajstić information content (AvgIpc) is 2.48. The minimum absolute atomic E-state index is 0.514. The molecule has 1 aromatic carbocycles. The lowest BCUT2D eigenvalue weighted by Gasteiger charge is -2.11. The Balaban J connectivity index is 1.94. The van der Waals surface area contributed by atoms with Crippen molar-refractivity contribution in [1.82, 2.24) is 15.0 Å². The van der Waals surface area contributed by atoms with Crippen molar-refractivity contribution in [3.05, 3.63) is 66.4 Å². The highest BCUT2D eigenvalue weighted by Gasteiger charge is 2.11. The number of hydrogen-bond donors (Lipinski definition) is 1. The maximum Gasteiger partial charge on any atom is 0.115 e. The quantitative estimate of drug-likeness (QED) is 0.776. The van der Waals surface area contributed by atoms with E-state index in [0.29, 0.717) is 12.1 Å². The predicted molar refractivity (Wildman–Crippen MR) is 72.4 cm³/mol. The van der Waals surface area contributed by atoms with Gasteiger partial charge >= 0.3 is 0 Å². The van der Waals surface area contributed by atoms with Crippen LogP contribution in [0.3, 0.4) is 0 Å². The van der Waals surface area contributed by atoms with Crippen LogP contribution in [0, 0.1) is 0 Å². The second-order valence-electron chi connectivity index (χ2n) is 4.34. The van der Waals surface area contributed by atoms with Crippen LogP contribution in [0.15, 0.2) is 55.1 Å². The Bertz CT molecular complexity index is 680. The van der Waals surface area contributed by atoms with Gasteiger partial charge in [-0.15, -0.1) is 0 Å². The topological polar surface area (TPSA) is 58.9 Å². The van der Waals surface area contributed by atoms with Gasteiger partial charge in [-0.25, -0.2) is 9.97 Å². The molecule has 3 rings (SSSR count). The summed E-state index contributed by atoms with van der Waals surface area (Å²) >= 11 is 0. The molecule has 0 saturated heterocycles. The van der Waals surface area contributed by atoms with Crippen LogP contribution in [0.2, 0.25) is 0 Å². The van der Waals surface area contributed by atoms with Gasteiger partial charge in [-0.2, -0.15) is 0 Å². The second-order valence-corrected chi connectivity index (χ2v) is 4.34. The van der Waals surface area contributed by atoms with E-state index in [0.717, 1.165) is 16.5 Å². The summed E-state index contributed by atoms with van der Waals surface area (Å²) in [5.74, 6) is 0. The summed E-state index contributed by atoms with van der Waals surface area (Å²) in [6.07, 6.45) is 4.73. The Labute approximate surface area is 110 Å². The Morgan fingerprint density at radius 2 is 1.89 bits per heavy atom. The number of pyridine rings is 1. The van der Waals surface area contributed by atoms with E-state index in [9.17, 15) is 5.11 Å². The highest BCUT2D eigenvalue weighted by atomic mass is 16.3. The lowest BCUT2D eigenvalue weighted by Crippen LogP contribution is -2.04. The number of aliphatic hydroxyl groups is 1. The molecular formula is C15H13N3O. The second kappa shape index (κ2) is 5.12. The number of fused-ring (bicyclic) bond motifs is 1. The third-order valence-corrected chi connectivity index (χ3v) is 3.10. The standard InChI is InChI=1S/C15H13N3O/c19-15(14-6-7-16-10-18-14)9-11-5-8-17-13-4-2-1-3-12(11)13/h1-8,10,15,19H,9H2. The lowest BCUT2D eigenvalue weighted by molar-refractivity contribution is 0.174. The molecule has 94 valence electrons. The molecule has 2 heterocycles. The van der Waals surface area contributed by atoms with Crippen LogP contribution in [0.1, 0.15) is 17.4 Å². The summed E-state index contributed by atoms with van der Waals surface area (Å²) in [6.45, 7) is 0. The molecule has 0 aliphatic rings. The molecule has 1 unspecified atom stereocenters. The Hall–Kier alpha value is -2.33. The van der Waals surface area contributed by atoms with Gasteiger partial charge < -0.3 is 5.11 Å². The Kier molecular flexibility index (Phi) is 3.16. The number of aliphatic hydroxyl groups excluding tert-OH is 1. The molecule has 0 aliphatic carbocycles. The van der Waals surface area contributed by atoms with Gasteiger partial charge in [-0.05, 0) is 23.8 Å². The van der Waals surface area contributed by atoms with Gasteiger partial charge in [-0.3, -0.25) is 4.98 Å². The van der Waals surface area contributed by atoms with Gasteiger partial charge in [0.25, 0.3) is 0 Å². The average molecular weight is 251 g/mol. The highest BCUT2D eigenvalue weighted by Crippen LogP contribution is 2.22. The third kappa shape index (κ3) is 2.44. The number of rotatable bonds is 3. The Morgan fingerprint density at radius 3 is 2.74 bits per heavy atom. The first kappa shape index (κ1) is 11.7. The first-order valence-corrected chi connectivity index (χ1v) is 6.11. The number of para-hydroxylation sites is 1. The molecule has 19 heavy (non-hydrogen) atoms. The molecule has 0 amide bonds. The van der Waals surface area contributed by atoms with Crippen LogP contribution in [0.4, 0.5) is 0 Å². The van der Waals surface area contributed by atoms with E-state index >= 15 is 0 Å². The van der Waals surface area contributed by atoms with Crippen molar-refractivity contribution >= 4 is 10.9 Å². The molecule has 0 bridgehead atoms. The zero-order valence-electron chi connectivity index (χ0n) is 10.3. The molecule has 3 aromatic rings. The fourth-order valence-electron chi connectivity index (χ4n) is 2.14. The maximum absolute atomic E-state index is 10.2. The summed E-state index contributed by atoms with van der Waals surface area (Å²) < 4.78 is 0. The molecule has 0 saturated carbocycles. The summed E-state index contributed by atoms with van der Waals surface area (Å²) in [5.41, 5.74) is 2.64. The summed E-state index contributed by atoms with van der Waals surface area (Å²) in [5, 5.41) is 11.3. The first-order chi connectivity index (χ1) is 9.34. The van der Waals surface area contributed by atoms with Gasteiger partial charge in [-0.1, -0.05) is 18.2 Å². The van der Waals surface area contributed by atoms with Crippen molar-refractivity contribution in [2.75, 3.05) is 0 Å². The van der Waals surface area contributed by atoms with E-state index in [1.807, 2.05) is 30.3 Å². The van der Waals surface area contributed by atoms with E-state index in [4.69, 9.17) is 0 Å². The predicted octanol–water partition coefficient (Wildman–Crippen LogP) is 2.30. The van der Waals surface area contributed by atoms with E-state index in [2.05, 4.69) is 15.0 Å². The number of hydrogen-bond acceptors (Lipinski definition) is 4. The smallest absolute Gasteiger partial charge is 0.115 e. The third-order valence-electron chi connectivity index (χ3n) is 3.10. The fourth-order valence-corrected chi connectivity index (χ4v) is 2.14. The molecule has 0 aliphatic heterocycles. The van der Waals surface area contributed by atoms with Crippen molar-refractivity contribution in [3.8, 4) is 0 Å². The molecule has 0 fully saturated rings. The Morgan fingerprint density at radius 1 is 1.00 bits per heavy atom. The van der Waals surface area contributed by atoms with Gasteiger partial charge in [0.2, 0.25) is 0 Å². The molecule has 1 N–H and O–H groups in total. The summed E-state index contributed by atoms with van der Waals surface area (Å²) in [4.78, 5) is 12.2. The molecule has 4 nitrogen and oxygen atoms in total. The number of benzene rings is 1. The normalized spacial score (nSPS) is 12.5. The molecule has 0 spiro atoms. The van der Waals surface area contributed by atoms with Crippen LogP contribution < -0.4 is 0 Å². The molecule has 4 heteroatoms. The number of nitrogens with zero attached hydrogens (tertiary/aromatic N) is 3. The van der Waals surface area contributed by atoms with E-state index in [1.165, 1.54) is 6.33 Å². The van der Waals surface area contributed by atoms with E-state index < -0.39 is 6.10 Å². The monoisotopic (exact) mass is 251 g/mol. The summed E-state index contributed by atoms with van der Waals surface area (Å²) in [7, 11) is 0. The van der Waals surface area contributed by atoms with Crippen LogP contribution >= 0.6 is 0 Å². The van der Waals surface area contributed by atoms with Gasteiger partial charge in [0, 0.05) is 24.2 Å². The fraction of sp³-hybridized carbons (Fsp3) is 0.133. The highest BCUT2D eigenvalue weighted by molar-refractivity contribution is 5.81. The largest absolute Gasteiger partial charge is 0.386 e. The minimum atomic E-state index is -0.631. The van der Waals surface area contributed by atoms with Crippen LogP contribution in [0.25, 0.3) is 10.9 Å². The van der Waals surface area contributed by atoms with E-state index in [-0.39, 0.29) is 0 Å². The minimum Gasteiger partial charge on any atom is -0.386 e. The van der Waals surface area contributed by atoms with Gasteiger partial charge in [0.05, 0.1) is 11.2 Å². The van der Waals surface area contributed by atoms with E-state index in [1.54, 1.807) is 18.5 Å². The molecular weight excluding hydrogens is 238 g/mol. The van der Waals surface area contributed by atoms with Gasteiger partial charge in [0.1, 0.15) is 12.4 Å². The number of aromatic nitrogens is 3. The maximum atomic E-state index is 10.2. The lowest BCUT2D eigenvalue weighted by atomic mass is 10.0. The molecule has 1 atom stereocenters. The van der Waals surface area contributed by atoms with Crippen molar-refractivity contribution in [3.63, 3.8) is 0 Å². The zero-order chi connectivity index (χ0) is 13.1. The van der Waals surface area contributed by atoms with Crippen molar-refractivity contribution in [1.29, 1.82) is 0 Å². The summed E-state index contributed by atoms with van der Waals surface area (Å²) in [6, 6.07) is 11.6. The molecule has 0 radical (unpaired) electrons. The van der Waals surface area contributed by atoms with Crippen LogP contribution in [0.5, 0.6) is 0 Å². The van der Waals surface area contributed by atoms with Crippen LogP contribution in [-0.2, 0) is 6.42 Å². The molecule has 2 aromatic heterocycles. The zero-order valence-corrected chi connectivity index (χ0v) is 10.3.